The van der Waals surface area contributed by atoms with Crippen LogP contribution >= 0.6 is 0 Å². The Labute approximate surface area is 106 Å². The van der Waals surface area contributed by atoms with Crippen molar-refractivity contribution in [1.29, 1.82) is 0 Å². The zero-order valence-electron chi connectivity index (χ0n) is 10.5. The Morgan fingerprint density at radius 1 is 1.28 bits per heavy atom. The molecule has 96 valence electrons. The van der Waals surface area contributed by atoms with E-state index >= 15 is 0 Å². The molecule has 2 fully saturated rings. The highest BCUT2D eigenvalue weighted by molar-refractivity contribution is 6.01. The molecule has 4 nitrogen and oxygen atoms in total. The smallest absolute Gasteiger partial charge is 0.194 e. The first-order valence-corrected chi connectivity index (χ1v) is 6.13. The van der Waals surface area contributed by atoms with E-state index in [-0.39, 0.29) is 24.1 Å². The van der Waals surface area contributed by atoms with Crippen LogP contribution in [0.1, 0.15) is 24.2 Å². The molecular weight excluding hydrogens is 232 g/mol. The standard InChI is InChI=1S/C14H16O4/c1-14(2)16-8-10(18-14)12-13(17-12)11(15)9-6-4-3-5-7-9/h3-7,10,12-13H,8H2,1-2H3/t10-,12+,13-/m1/s1. The maximum absolute atomic E-state index is 12.1. The fraction of sp³-hybridized carbons (Fsp3) is 0.500. The van der Waals surface area contributed by atoms with Gasteiger partial charge in [-0.15, -0.1) is 0 Å². The molecule has 0 aromatic heterocycles. The third-order valence-corrected chi connectivity index (χ3v) is 3.24. The van der Waals surface area contributed by atoms with Crippen molar-refractivity contribution in [3.63, 3.8) is 0 Å². The average Bonchev–Trinajstić information content (AvgIpc) is 3.08. The van der Waals surface area contributed by atoms with Crippen LogP contribution < -0.4 is 0 Å². The number of hydrogen-bond donors (Lipinski definition) is 0. The van der Waals surface area contributed by atoms with Crippen LogP contribution in [0, 0.1) is 0 Å². The predicted molar refractivity (Wildman–Crippen MR) is 64.3 cm³/mol. The third-order valence-electron chi connectivity index (χ3n) is 3.24. The number of ether oxygens (including phenoxy) is 3. The summed E-state index contributed by atoms with van der Waals surface area (Å²) in [7, 11) is 0. The van der Waals surface area contributed by atoms with Crippen LogP contribution in [0.5, 0.6) is 0 Å². The number of Topliss-reactive ketones (excluding diaryl/α,β-unsaturated/α-hetero) is 1. The average molecular weight is 248 g/mol. The summed E-state index contributed by atoms with van der Waals surface area (Å²) < 4.78 is 16.6. The second kappa shape index (κ2) is 4.16. The summed E-state index contributed by atoms with van der Waals surface area (Å²) in [4.78, 5) is 12.1. The predicted octanol–water partition coefficient (Wildman–Crippen LogP) is 1.79. The molecule has 3 rings (SSSR count). The van der Waals surface area contributed by atoms with E-state index < -0.39 is 5.79 Å². The lowest BCUT2D eigenvalue weighted by molar-refractivity contribution is -0.140. The molecule has 0 spiro atoms. The van der Waals surface area contributed by atoms with Crippen molar-refractivity contribution in [3.8, 4) is 0 Å². The second-order valence-corrected chi connectivity index (χ2v) is 5.12. The molecule has 0 N–H and O–H groups in total. The Bertz CT molecular complexity index is 454. The highest BCUT2D eigenvalue weighted by atomic mass is 16.8. The van der Waals surface area contributed by atoms with Gasteiger partial charge in [0, 0.05) is 5.56 Å². The highest BCUT2D eigenvalue weighted by Gasteiger charge is 2.54. The number of benzene rings is 1. The minimum atomic E-state index is -0.572. The van der Waals surface area contributed by atoms with Crippen molar-refractivity contribution in [3.05, 3.63) is 35.9 Å². The largest absolute Gasteiger partial charge is 0.358 e. The van der Waals surface area contributed by atoms with E-state index in [1.165, 1.54) is 0 Å². The first kappa shape index (κ1) is 11.8. The van der Waals surface area contributed by atoms with Gasteiger partial charge in [-0.3, -0.25) is 4.79 Å². The van der Waals surface area contributed by atoms with Crippen molar-refractivity contribution in [2.24, 2.45) is 0 Å². The summed E-state index contributed by atoms with van der Waals surface area (Å²) in [5.74, 6) is -0.550. The highest BCUT2D eigenvalue weighted by Crippen LogP contribution is 2.36. The van der Waals surface area contributed by atoms with Crippen molar-refractivity contribution < 1.29 is 19.0 Å². The molecule has 2 aliphatic heterocycles. The van der Waals surface area contributed by atoms with Gasteiger partial charge in [-0.1, -0.05) is 30.3 Å². The van der Waals surface area contributed by atoms with E-state index in [1.807, 2.05) is 32.0 Å². The molecule has 18 heavy (non-hydrogen) atoms. The lowest BCUT2D eigenvalue weighted by Crippen LogP contribution is -2.26. The van der Waals surface area contributed by atoms with E-state index in [2.05, 4.69) is 0 Å². The Morgan fingerprint density at radius 2 is 2.00 bits per heavy atom. The molecule has 0 radical (unpaired) electrons. The Kier molecular flexibility index (Phi) is 2.73. The van der Waals surface area contributed by atoms with Crippen LogP contribution in [0.3, 0.4) is 0 Å². The fourth-order valence-corrected chi connectivity index (χ4v) is 2.26. The molecule has 0 amide bonds. The summed E-state index contributed by atoms with van der Waals surface area (Å²) in [5, 5.41) is 0. The van der Waals surface area contributed by atoms with Gasteiger partial charge in [-0.05, 0) is 13.8 Å². The van der Waals surface area contributed by atoms with Gasteiger partial charge in [0.15, 0.2) is 11.6 Å². The first-order valence-electron chi connectivity index (χ1n) is 6.13. The van der Waals surface area contributed by atoms with Crippen LogP contribution in [-0.2, 0) is 14.2 Å². The van der Waals surface area contributed by atoms with Crippen LogP contribution in [0.2, 0.25) is 0 Å². The van der Waals surface area contributed by atoms with Gasteiger partial charge in [-0.2, -0.15) is 0 Å². The number of carbonyl (C=O) groups is 1. The topological polar surface area (TPSA) is 48.1 Å². The second-order valence-electron chi connectivity index (χ2n) is 5.12. The van der Waals surface area contributed by atoms with Crippen LogP contribution in [0.4, 0.5) is 0 Å². The zero-order valence-corrected chi connectivity index (χ0v) is 10.5. The zero-order chi connectivity index (χ0) is 12.8. The van der Waals surface area contributed by atoms with E-state index in [0.29, 0.717) is 12.2 Å². The summed E-state index contributed by atoms with van der Waals surface area (Å²) in [6.07, 6.45) is -0.688. The molecule has 2 heterocycles. The molecule has 4 heteroatoms. The fourth-order valence-electron chi connectivity index (χ4n) is 2.26. The summed E-state index contributed by atoms with van der Waals surface area (Å²) in [6, 6.07) is 9.19. The van der Waals surface area contributed by atoms with Gasteiger partial charge in [-0.25, -0.2) is 0 Å². The molecule has 2 aliphatic rings. The minimum absolute atomic E-state index is 0.0221. The molecule has 1 aromatic carbocycles. The molecule has 0 unspecified atom stereocenters. The van der Waals surface area contributed by atoms with Gasteiger partial charge in [0.2, 0.25) is 0 Å². The Morgan fingerprint density at radius 3 is 2.61 bits per heavy atom. The van der Waals surface area contributed by atoms with E-state index in [0.717, 1.165) is 0 Å². The van der Waals surface area contributed by atoms with Gasteiger partial charge in [0.05, 0.1) is 6.61 Å². The lowest BCUT2D eigenvalue weighted by Gasteiger charge is -2.16. The van der Waals surface area contributed by atoms with Gasteiger partial charge in [0.25, 0.3) is 0 Å². The number of hydrogen-bond acceptors (Lipinski definition) is 4. The molecule has 0 saturated carbocycles. The maximum atomic E-state index is 12.1. The van der Waals surface area contributed by atoms with Crippen LogP contribution in [0.25, 0.3) is 0 Å². The van der Waals surface area contributed by atoms with E-state index in [4.69, 9.17) is 14.2 Å². The Balaban J connectivity index is 1.63. The third kappa shape index (κ3) is 2.19. The number of epoxide rings is 1. The quantitative estimate of drug-likeness (QED) is 0.604. The molecule has 0 bridgehead atoms. The first-order chi connectivity index (χ1) is 8.57. The van der Waals surface area contributed by atoms with Gasteiger partial charge in [0.1, 0.15) is 18.3 Å². The molecule has 1 aromatic rings. The van der Waals surface area contributed by atoms with E-state index in [1.54, 1.807) is 12.1 Å². The van der Waals surface area contributed by atoms with Crippen LogP contribution in [-0.4, -0.2) is 36.5 Å². The number of rotatable bonds is 3. The summed E-state index contributed by atoms with van der Waals surface area (Å²) >= 11 is 0. The Hall–Kier alpha value is -1.23. The van der Waals surface area contributed by atoms with Crippen molar-refractivity contribution >= 4 is 5.78 Å². The maximum Gasteiger partial charge on any atom is 0.194 e. The lowest BCUT2D eigenvalue weighted by atomic mass is 10.0. The van der Waals surface area contributed by atoms with Gasteiger partial charge >= 0.3 is 0 Å². The van der Waals surface area contributed by atoms with Crippen molar-refractivity contribution in [2.75, 3.05) is 6.61 Å². The van der Waals surface area contributed by atoms with Crippen molar-refractivity contribution in [1.82, 2.24) is 0 Å². The minimum Gasteiger partial charge on any atom is -0.358 e. The monoisotopic (exact) mass is 248 g/mol. The molecule has 2 saturated heterocycles. The number of carbonyl (C=O) groups excluding carboxylic acids is 1. The van der Waals surface area contributed by atoms with Crippen molar-refractivity contribution in [2.45, 2.75) is 37.9 Å². The molecule has 0 aliphatic carbocycles. The normalized spacial score (nSPS) is 33.3. The van der Waals surface area contributed by atoms with E-state index in [9.17, 15) is 4.79 Å². The number of ketones is 1. The summed E-state index contributed by atoms with van der Waals surface area (Å²) in [5.41, 5.74) is 0.683. The summed E-state index contributed by atoms with van der Waals surface area (Å²) in [6.45, 7) is 4.21. The van der Waals surface area contributed by atoms with Crippen LogP contribution in [0.15, 0.2) is 30.3 Å². The SMILES string of the molecule is CC1(C)OC[C@H]([C@@H]2O[C@@H]2C(=O)c2ccccc2)O1. The molecule has 3 atom stereocenters. The van der Waals surface area contributed by atoms with Gasteiger partial charge < -0.3 is 14.2 Å². The molecular formula is C14H16O4.